The molecule has 2 aromatic carbocycles. The van der Waals surface area contributed by atoms with E-state index in [1.54, 1.807) is 30.3 Å². The zero-order valence-electron chi connectivity index (χ0n) is 14.5. The number of carbonyl (C=O) groups is 2. The first-order valence-corrected chi connectivity index (χ1v) is 8.17. The van der Waals surface area contributed by atoms with Gasteiger partial charge in [-0.25, -0.2) is 4.79 Å². The summed E-state index contributed by atoms with van der Waals surface area (Å²) in [5, 5.41) is 2.72. The number of fused-ring (bicyclic) bond motifs is 1. The lowest BCUT2D eigenvalue weighted by atomic mass is 10.2. The summed E-state index contributed by atoms with van der Waals surface area (Å²) in [6, 6.07) is 12.7. The van der Waals surface area contributed by atoms with E-state index >= 15 is 0 Å². The molecule has 1 heterocycles. The largest absolute Gasteiger partial charge is 0.454 e. The SMILES string of the molecule is Cc1cccc(NC(=O)C(C)OC(=O)/C=C/c2ccc3c(c2)OCO3)c1. The van der Waals surface area contributed by atoms with Gasteiger partial charge in [-0.3, -0.25) is 4.79 Å². The summed E-state index contributed by atoms with van der Waals surface area (Å²) in [6.07, 6.45) is 1.95. The molecule has 26 heavy (non-hydrogen) atoms. The van der Waals surface area contributed by atoms with E-state index in [1.807, 2.05) is 25.1 Å². The van der Waals surface area contributed by atoms with E-state index in [1.165, 1.54) is 13.0 Å². The molecule has 0 fully saturated rings. The molecule has 0 saturated heterocycles. The minimum Gasteiger partial charge on any atom is -0.454 e. The smallest absolute Gasteiger partial charge is 0.331 e. The minimum absolute atomic E-state index is 0.193. The monoisotopic (exact) mass is 353 g/mol. The van der Waals surface area contributed by atoms with Gasteiger partial charge in [0.25, 0.3) is 5.91 Å². The zero-order valence-corrected chi connectivity index (χ0v) is 14.5. The minimum atomic E-state index is -0.913. The van der Waals surface area contributed by atoms with E-state index in [0.717, 1.165) is 11.1 Å². The Bertz CT molecular complexity index is 859. The highest BCUT2D eigenvalue weighted by Gasteiger charge is 2.17. The molecule has 6 nitrogen and oxygen atoms in total. The Labute approximate surface area is 151 Å². The molecule has 1 N–H and O–H groups in total. The van der Waals surface area contributed by atoms with Gasteiger partial charge in [0.15, 0.2) is 17.6 Å². The quantitative estimate of drug-likeness (QED) is 0.659. The summed E-state index contributed by atoms with van der Waals surface area (Å²) in [4.78, 5) is 24.0. The topological polar surface area (TPSA) is 73.9 Å². The van der Waals surface area contributed by atoms with Gasteiger partial charge in [0.05, 0.1) is 0 Å². The molecule has 0 bridgehead atoms. The van der Waals surface area contributed by atoms with E-state index in [4.69, 9.17) is 14.2 Å². The maximum absolute atomic E-state index is 12.1. The van der Waals surface area contributed by atoms with Crippen LogP contribution in [0.3, 0.4) is 0 Å². The van der Waals surface area contributed by atoms with Crippen LogP contribution in [0.25, 0.3) is 6.08 Å². The molecule has 0 aromatic heterocycles. The number of benzene rings is 2. The number of carbonyl (C=O) groups excluding carboxylic acids is 2. The van der Waals surface area contributed by atoms with Crippen LogP contribution in [0.2, 0.25) is 0 Å². The first-order chi connectivity index (χ1) is 12.5. The molecule has 1 aliphatic rings. The zero-order chi connectivity index (χ0) is 18.5. The van der Waals surface area contributed by atoms with Crippen molar-refractivity contribution >= 4 is 23.6 Å². The molecule has 2 aromatic rings. The van der Waals surface area contributed by atoms with Gasteiger partial charge in [0.1, 0.15) is 0 Å². The van der Waals surface area contributed by atoms with Gasteiger partial charge in [-0.05, 0) is 55.3 Å². The van der Waals surface area contributed by atoms with Crippen LogP contribution in [0.5, 0.6) is 11.5 Å². The maximum atomic E-state index is 12.1. The predicted molar refractivity (Wildman–Crippen MR) is 97.0 cm³/mol. The van der Waals surface area contributed by atoms with Crippen molar-refractivity contribution in [1.29, 1.82) is 0 Å². The van der Waals surface area contributed by atoms with Crippen LogP contribution < -0.4 is 14.8 Å². The van der Waals surface area contributed by atoms with Crippen molar-refractivity contribution in [1.82, 2.24) is 0 Å². The number of anilines is 1. The second kappa shape index (κ2) is 7.74. The van der Waals surface area contributed by atoms with Crippen LogP contribution in [0, 0.1) is 6.92 Å². The lowest BCUT2D eigenvalue weighted by Crippen LogP contribution is -2.29. The van der Waals surface area contributed by atoms with Gasteiger partial charge >= 0.3 is 5.97 Å². The van der Waals surface area contributed by atoms with E-state index in [-0.39, 0.29) is 12.7 Å². The molecule has 1 unspecified atom stereocenters. The fourth-order valence-electron chi connectivity index (χ4n) is 2.41. The number of aryl methyl sites for hydroxylation is 1. The van der Waals surface area contributed by atoms with Gasteiger partial charge in [0.2, 0.25) is 6.79 Å². The van der Waals surface area contributed by atoms with E-state index in [9.17, 15) is 9.59 Å². The van der Waals surface area contributed by atoms with Crippen LogP contribution in [-0.2, 0) is 14.3 Å². The Hall–Kier alpha value is -3.28. The van der Waals surface area contributed by atoms with Crippen molar-refractivity contribution in [2.75, 3.05) is 12.1 Å². The van der Waals surface area contributed by atoms with Gasteiger partial charge in [-0.15, -0.1) is 0 Å². The summed E-state index contributed by atoms with van der Waals surface area (Å²) >= 11 is 0. The highest BCUT2D eigenvalue weighted by atomic mass is 16.7. The van der Waals surface area contributed by atoms with E-state index in [0.29, 0.717) is 17.2 Å². The number of amides is 1. The second-order valence-electron chi connectivity index (χ2n) is 5.88. The van der Waals surface area contributed by atoms with Crippen molar-refractivity contribution in [3.05, 3.63) is 59.7 Å². The standard InChI is InChI=1S/C20H19NO5/c1-13-4-3-5-16(10-13)21-20(23)14(2)26-19(22)9-7-15-6-8-17-18(11-15)25-12-24-17/h3-11,14H,12H2,1-2H3,(H,21,23)/b9-7+. The molecule has 3 rings (SSSR count). The predicted octanol–water partition coefficient (Wildman–Crippen LogP) is 3.31. The van der Waals surface area contributed by atoms with Crippen LogP contribution in [0.4, 0.5) is 5.69 Å². The van der Waals surface area contributed by atoms with Crippen molar-refractivity contribution in [2.45, 2.75) is 20.0 Å². The Morgan fingerprint density at radius 2 is 1.96 bits per heavy atom. The van der Waals surface area contributed by atoms with Crippen LogP contribution >= 0.6 is 0 Å². The number of esters is 1. The molecular formula is C20H19NO5. The number of rotatable bonds is 5. The van der Waals surface area contributed by atoms with Crippen LogP contribution in [0.1, 0.15) is 18.1 Å². The van der Waals surface area contributed by atoms with Gasteiger partial charge in [-0.1, -0.05) is 18.2 Å². The highest BCUT2D eigenvalue weighted by molar-refractivity contribution is 5.96. The molecular weight excluding hydrogens is 334 g/mol. The molecule has 0 aliphatic carbocycles. The highest BCUT2D eigenvalue weighted by Crippen LogP contribution is 2.32. The normalized spacial score (nSPS) is 13.5. The molecule has 0 radical (unpaired) electrons. The Morgan fingerprint density at radius 1 is 1.15 bits per heavy atom. The summed E-state index contributed by atoms with van der Waals surface area (Å²) < 4.78 is 15.6. The molecule has 1 amide bonds. The average molecular weight is 353 g/mol. The molecule has 134 valence electrons. The third kappa shape index (κ3) is 4.42. The summed E-state index contributed by atoms with van der Waals surface area (Å²) in [5.74, 6) is 0.313. The van der Waals surface area contributed by atoms with Crippen molar-refractivity contribution in [3.8, 4) is 11.5 Å². The van der Waals surface area contributed by atoms with Crippen molar-refractivity contribution < 1.29 is 23.8 Å². The third-order valence-electron chi connectivity index (χ3n) is 3.76. The third-order valence-corrected chi connectivity index (χ3v) is 3.76. The fourth-order valence-corrected chi connectivity index (χ4v) is 2.41. The Kier molecular flexibility index (Phi) is 5.22. The summed E-state index contributed by atoms with van der Waals surface area (Å²) in [6.45, 7) is 3.65. The summed E-state index contributed by atoms with van der Waals surface area (Å²) in [7, 11) is 0. The average Bonchev–Trinajstić information content (AvgIpc) is 3.07. The van der Waals surface area contributed by atoms with Gasteiger partial charge < -0.3 is 19.5 Å². The van der Waals surface area contributed by atoms with Crippen LogP contribution in [-0.4, -0.2) is 24.8 Å². The Balaban J connectivity index is 1.54. The molecule has 6 heteroatoms. The van der Waals surface area contributed by atoms with Gasteiger partial charge in [-0.2, -0.15) is 0 Å². The number of nitrogens with one attached hydrogen (secondary N) is 1. The summed E-state index contributed by atoms with van der Waals surface area (Å²) in [5.41, 5.74) is 2.45. The Morgan fingerprint density at radius 3 is 2.77 bits per heavy atom. The van der Waals surface area contributed by atoms with E-state index < -0.39 is 12.1 Å². The molecule has 1 atom stereocenters. The first-order valence-electron chi connectivity index (χ1n) is 8.17. The van der Waals surface area contributed by atoms with Crippen molar-refractivity contribution in [3.63, 3.8) is 0 Å². The van der Waals surface area contributed by atoms with Crippen LogP contribution in [0.15, 0.2) is 48.5 Å². The number of hydrogen-bond acceptors (Lipinski definition) is 5. The number of ether oxygens (including phenoxy) is 3. The first kappa shape index (κ1) is 17.5. The lowest BCUT2D eigenvalue weighted by Gasteiger charge is -2.12. The molecule has 1 aliphatic heterocycles. The van der Waals surface area contributed by atoms with Gasteiger partial charge in [0, 0.05) is 11.8 Å². The maximum Gasteiger partial charge on any atom is 0.331 e. The second-order valence-corrected chi connectivity index (χ2v) is 5.88. The van der Waals surface area contributed by atoms with E-state index in [2.05, 4.69) is 5.32 Å². The number of hydrogen-bond donors (Lipinski definition) is 1. The fraction of sp³-hybridized carbons (Fsp3) is 0.200. The van der Waals surface area contributed by atoms with Crippen molar-refractivity contribution in [2.24, 2.45) is 0 Å². The molecule has 0 spiro atoms. The lowest BCUT2D eigenvalue weighted by molar-refractivity contribution is -0.148. The molecule has 0 saturated carbocycles.